The van der Waals surface area contributed by atoms with E-state index in [1.54, 1.807) is 0 Å². The summed E-state index contributed by atoms with van der Waals surface area (Å²) in [5, 5.41) is 5.74. The standard InChI is InChI=1S/C15H29F3N4/c1-4-19-14(20-9-8-15(16,17)18)21-11-13(3)22-10-6-5-7-12(22)2/h12-13H,4-11H2,1-3H3,(H2,19,20,21). The van der Waals surface area contributed by atoms with Crippen LogP contribution in [0.3, 0.4) is 0 Å². The van der Waals surface area contributed by atoms with Crippen molar-refractivity contribution in [2.45, 2.75) is 64.7 Å². The molecule has 1 heterocycles. The second kappa shape index (κ2) is 9.22. The SMILES string of the molecule is CCNC(=NCC(C)N1CCCCC1C)NCCC(F)(F)F. The summed E-state index contributed by atoms with van der Waals surface area (Å²) < 4.78 is 36.6. The number of likely N-dealkylation sites (tertiary alicyclic amines) is 1. The van der Waals surface area contributed by atoms with E-state index in [0.717, 1.165) is 6.54 Å². The minimum atomic E-state index is -4.14. The molecule has 1 fully saturated rings. The molecule has 0 aliphatic carbocycles. The van der Waals surface area contributed by atoms with Gasteiger partial charge in [0.15, 0.2) is 5.96 Å². The smallest absolute Gasteiger partial charge is 0.357 e. The van der Waals surface area contributed by atoms with E-state index in [2.05, 4.69) is 34.4 Å². The van der Waals surface area contributed by atoms with Gasteiger partial charge in [0.25, 0.3) is 0 Å². The molecular weight excluding hydrogens is 293 g/mol. The fourth-order valence-electron chi connectivity index (χ4n) is 2.77. The number of halogens is 3. The summed E-state index contributed by atoms with van der Waals surface area (Å²) in [5.41, 5.74) is 0. The van der Waals surface area contributed by atoms with E-state index in [-0.39, 0.29) is 6.54 Å². The molecule has 1 saturated heterocycles. The molecule has 0 aromatic rings. The summed E-state index contributed by atoms with van der Waals surface area (Å²) in [5.74, 6) is 0.461. The molecule has 22 heavy (non-hydrogen) atoms. The van der Waals surface area contributed by atoms with Crippen LogP contribution in [0.2, 0.25) is 0 Å². The van der Waals surface area contributed by atoms with Gasteiger partial charge in [0.2, 0.25) is 0 Å². The van der Waals surface area contributed by atoms with Crippen LogP contribution in [-0.2, 0) is 0 Å². The maximum Gasteiger partial charge on any atom is 0.390 e. The summed E-state index contributed by atoms with van der Waals surface area (Å²) >= 11 is 0. The van der Waals surface area contributed by atoms with Crippen molar-refractivity contribution in [2.24, 2.45) is 4.99 Å². The number of guanidine groups is 1. The molecule has 0 spiro atoms. The van der Waals surface area contributed by atoms with Crippen molar-refractivity contribution in [1.82, 2.24) is 15.5 Å². The molecule has 7 heteroatoms. The van der Waals surface area contributed by atoms with Crippen LogP contribution in [0.1, 0.15) is 46.5 Å². The maximum absolute atomic E-state index is 12.2. The maximum atomic E-state index is 12.2. The van der Waals surface area contributed by atoms with E-state index in [1.807, 2.05) is 6.92 Å². The molecule has 2 atom stereocenters. The van der Waals surface area contributed by atoms with Gasteiger partial charge in [-0.05, 0) is 40.2 Å². The zero-order chi connectivity index (χ0) is 16.6. The first-order chi connectivity index (χ1) is 10.3. The Balaban J connectivity index is 2.46. The molecule has 4 nitrogen and oxygen atoms in total. The Bertz CT molecular complexity index is 344. The van der Waals surface area contributed by atoms with E-state index in [0.29, 0.717) is 31.1 Å². The van der Waals surface area contributed by atoms with E-state index in [9.17, 15) is 13.2 Å². The van der Waals surface area contributed by atoms with Crippen LogP contribution >= 0.6 is 0 Å². The van der Waals surface area contributed by atoms with Gasteiger partial charge in [-0.15, -0.1) is 0 Å². The highest BCUT2D eigenvalue weighted by Gasteiger charge is 2.26. The Hall–Kier alpha value is -0.980. The summed E-state index contributed by atoms with van der Waals surface area (Å²) in [4.78, 5) is 6.86. The highest BCUT2D eigenvalue weighted by atomic mass is 19.4. The Morgan fingerprint density at radius 2 is 2.05 bits per heavy atom. The first kappa shape index (κ1) is 19.1. The molecular formula is C15H29F3N4. The third kappa shape index (κ3) is 7.33. The average Bonchev–Trinajstić information content (AvgIpc) is 2.43. The number of hydrogen-bond donors (Lipinski definition) is 2. The molecule has 1 rings (SSSR count). The summed E-state index contributed by atoms with van der Waals surface area (Å²) in [6, 6.07) is 0.855. The first-order valence-electron chi connectivity index (χ1n) is 8.18. The van der Waals surface area contributed by atoms with Crippen LogP contribution in [-0.4, -0.2) is 55.3 Å². The fourth-order valence-corrected chi connectivity index (χ4v) is 2.77. The quantitative estimate of drug-likeness (QED) is 0.583. The van der Waals surface area contributed by atoms with E-state index < -0.39 is 12.6 Å². The van der Waals surface area contributed by atoms with Gasteiger partial charge < -0.3 is 10.6 Å². The summed E-state index contributed by atoms with van der Waals surface area (Å²) in [7, 11) is 0. The molecule has 0 saturated carbocycles. The second-order valence-corrected chi connectivity index (χ2v) is 5.94. The number of piperidine rings is 1. The van der Waals surface area contributed by atoms with Gasteiger partial charge in [0.05, 0.1) is 13.0 Å². The van der Waals surface area contributed by atoms with Gasteiger partial charge in [-0.25, -0.2) is 0 Å². The lowest BCUT2D eigenvalue weighted by atomic mass is 10.0. The van der Waals surface area contributed by atoms with Crippen molar-refractivity contribution in [3.05, 3.63) is 0 Å². The lowest BCUT2D eigenvalue weighted by Gasteiger charge is -2.37. The Labute approximate surface area is 131 Å². The largest absolute Gasteiger partial charge is 0.390 e. The zero-order valence-electron chi connectivity index (χ0n) is 13.8. The van der Waals surface area contributed by atoms with Crippen LogP contribution in [0, 0.1) is 0 Å². The normalized spacial score (nSPS) is 22.5. The van der Waals surface area contributed by atoms with Crippen molar-refractivity contribution in [3.63, 3.8) is 0 Å². The van der Waals surface area contributed by atoms with Gasteiger partial charge >= 0.3 is 6.18 Å². The van der Waals surface area contributed by atoms with Crippen LogP contribution in [0.15, 0.2) is 4.99 Å². The number of aliphatic imine (C=N–C) groups is 1. The molecule has 2 unspecified atom stereocenters. The molecule has 130 valence electrons. The number of nitrogens with one attached hydrogen (secondary N) is 2. The van der Waals surface area contributed by atoms with E-state index in [4.69, 9.17) is 0 Å². The second-order valence-electron chi connectivity index (χ2n) is 5.94. The van der Waals surface area contributed by atoms with Gasteiger partial charge in [0.1, 0.15) is 0 Å². The number of nitrogens with zero attached hydrogens (tertiary/aromatic N) is 2. The summed E-state index contributed by atoms with van der Waals surface area (Å²) in [6.07, 6.45) is -1.30. The molecule has 0 aromatic carbocycles. The van der Waals surface area contributed by atoms with Crippen molar-refractivity contribution in [1.29, 1.82) is 0 Å². The highest BCUT2D eigenvalue weighted by Crippen LogP contribution is 2.19. The van der Waals surface area contributed by atoms with Gasteiger partial charge in [0, 0.05) is 25.2 Å². The van der Waals surface area contributed by atoms with Crippen LogP contribution in [0.5, 0.6) is 0 Å². The average molecular weight is 322 g/mol. The van der Waals surface area contributed by atoms with Crippen LogP contribution in [0.4, 0.5) is 13.2 Å². The highest BCUT2D eigenvalue weighted by molar-refractivity contribution is 5.79. The minimum absolute atomic E-state index is 0.149. The van der Waals surface area contributed by atoms with Crippen molar-refractivity contribution in [3.8, 4) is 0 Å². The van der Waals surface area contributed by atoms with Crippen molar-refractivity contribution < 1.29 is 13.2 Å². The van der Waals surface area contributed by atoms with E-state index in [1.165, 1.54) is 19.3 Å². The minimum Gasteiger partial charge on any atom is -0.357 e. The first-order valence-corrected chi connectivity index (χ1v) is 8.18. The molecule has 2 N–H and O–H groups in total. The Morgan fingerprint density at radius 3 is 2.64 bits per heavy atom. The van der Waals surface area contributed by atoms with Crippen LogP contribution < -0.4 is 10.6 Å². The van der Waals surface area contributed by atoms with E-state index >= 15 is 0 Å². The number of alkyl halides is 3. The predicted octanol–water partition coefficient (Wildman–Crippen LogP) is 2.76. The molecule has 0 bridgehead atoms. The lowest BCUT2D eigenvalue weighted by molar-refractivity contribution is -0.132. The third-order valence-electron chi connectivity index (χ3n) is 3.98. The van der Waals surface area contributed by atoms with Crippen LogP contribution in [0.25, 0.3) is 0 Å². The topological polar surface area (TPSA) is 39.7 Å². The predicted molar refractivity (Wildman–Crippen MR) is 84.1 cm³/mol. The monoisotopic (exact) mass is 322 g/mol. The molecule has 1 aliphatic rings. The van der Waals surface area contributed by atoms with Gasteiger partial charge in [-0.2, -0.15) is 13.2 Å². The molecule has 0 aromatic heterocycles. The fraction of sp³-hybridized carbons (Fsp3) is 0.933. The summed E-state index contributed by atoms with van der Waals surface area (Å²) in [6.45, 7) is 8.41. The third-order valence-corrected chi connectivity index (χ3v) is 3.98. The Kier molecular flexibility index (Phi) is 8.00. The number of hydrogen-bond acceptors (Lipinski definition) is 2. The lowest BCUT2D eigenvalue weighted by Crippen LogP contribution is -2.46. The number of rotatable bonds is 6. The zero-order valence-corrected chi connectivity index (χ0v) is 13.8. The molecule has 0 amide bonds. The van der Waals surface area contributed by atoms with Gasteiger partial charge in [-0.3, -0.25) is 9.89 Å². The molecule has 1 aliphatic heterocycles. The van der Waals surface area contributed by atoms with Crippen molar-refractivity contribution >= 4 is 5.96 Å². The molecule has 0 radical (unpaired) electrons. The van der Waals surface area contributed by atoms with Gasteiger partial charge in [-0.1, -0.05) is 6.42 Å². The Morgan fingerprint density at radius 1 is 1.32 bits per heavy atom. The van der Waals surface area contributed by atoms with Crippen molar-refractivity contribution in [2.75, 3.05) is 26.2 Å².